The summed E-state index contributed by atoms with van der Waals surface area (Å²) in [6, 6.07) is 7.36. The average Bonchev–Trinajstić information content (AvgIpc) is 2.29. The molecule has 1 aromatic carbocycles. The standard InChI is InChI=1S/C12H18O4/c1-10(14)11-4-2-3-5-12(11)16-9-8-15-7-6-13/h2-5,10,13-14H,6-9H2,1H3/t10-/m0/s1. The minimum atomic E-state index is -0.547. The van der Waals surface area contributed by atoms with E-state index in [2.05, 4.69) is 0 Å². The molecule has 0 amide bonds. The van der Waals surface area contributed by atoms with Crippen molar-refractivity contribution >= 4 is 0 Å². The van der Waals surface area contributed by atoms with Crippen molar-refractivity contribution in [3.8, 4) is 5.75 Å². The molecule has 0 spiro atoms. The summed E-state index contributed by atoms with van der Waals surface area (Å²) in [5, 5.41) is 18.0. The fraction of sp³-hybridized carbons (Fsp3) is 0.500. The minimum absolute atomic E-state index is 0.0181. The van der Waals surface area contributed by atoms with Crippen molar-refractivity contribution in [2.24, 2.45) is 0 Å². The molecule has 1 rings (SSSR count). The number of hydrogen-bond acceptors (Lipinski definition) is 4. The van der Waals surface area contributed by atoms with Gasteiger partial charge in [0.1, 0.15) is 12.4 Å². The highest BCUT2D eigenvalue weighted by Gasteiger charge is 2.07. The van der Waals surface area contributed by atoms with E-state index in [-0.39, 0.29) is 6.61 Å². The van der Waals surface area contributed by atoms with Crippen LogP contribution in [0.1, 0.15) is 18.6 Å². The lowest BCUT2D eigenvalue weighted by Crippen LogP contribution is -2.10. The molecule has 0 unspecified atom stereocenters. The van der Waals surface area contributed by atoms with Crippen molar-refractivity contribution in [3.63, 3.8) is 0 Å². The monoisotopic (exact) mass is 226 g/mol. The Morgan fingerprint density at radius 2 is 1.94 bits per heavy atom. The van der Waals surface area contributed by atoms with Crippen molar-refractivity contribution < 1.29 is 19.7 Å². The predicted octanol–water partition coefficient (Wildman–Crippen LogP) is 1.13. The Labute approximate surface area is 95.4 Å². The maximum atomic E-state index is 9.50. The van der Waals surface area contributed by atoms with Gasteiger partial charge in [0.05, 0.1) is 25.9 Å². The van der Waals surface area contributed by atoms with E-state index in [0.29, 0.717) is 25.6 Å². The van der Waals surface area contributed by atoms with Crippen LogP contribution in [0.15, 0.2) is 24.3 Å². The molecule has 0 aliphatic rings. The second-order valence-electron chi connectivity index (χ2n) is 3.40. The maximum absolute atomic E-state index is 9.50. The highest BCUT2D eigenvalue weighted by atomic mass is 16.5. The lowest BCUT2D eigenvalue weighted by molar-refractivity contribution is 0.0695. The summed E-state index contributed by atoms with van der Waals surface area (Å²) in [6.07, 6.45) is -0.547. The van der Waals surface area contributed by atoms with Gasteiger partial charge in [0.15, 0.2) is 0 Å². The molecule has 0 aliphatic heterocycles. The molecular formula is C12H18O4. The Kier molecular flexibility index (Phi) is 5.85. The van der Waals surface area contributed by atoms with Crippen molar-refractivity contribution in [3.05, 3.63) is 29.8 Å². The second-order valence-corrected chi connectivity index (χ2v) is 3.40. The highest BCUT2D eigenvalue weighted by molar-refractivity contribution is 5.34. The zero-order valence-corrected chi connectivity index (χ0v) is 9.43. The van der Waals surface area contributed by atoms with Gasteiger partial charge in [-0.2, -0.15) is 0 Å². The molecule has 4 heteroatoms. The second kappa shape index (κ2) is 7.22. The lowest BCUT2D eigenvalue weighted by Gasteiger charge is -2.13. The summed E-state index contributed by atoms with van der Waals surface area (Å²) in [6.45, 7) is 2.87. The van der Waals surface area contributed by atoms with Crippen LogP contribution in [0.25, 0.3) is 0 Å². The van der Waals surface area contributed by atoms with E-state index in [1.165, 1.54) is 0 Å². The summed E-state index contributed by atoms with van der Waals surface area (Å²) in [4.78, 5) is 0. The third kappa shape index (κ3) is 4.18. The van der Waals surface area contributed by atoms with Gasteiger partial charge in [-0.05, 0) is 13.0 Å². The number of rotatable bonds is 7. The fourth-order valence-corrected chi connectivity index (χ4v) is 1.33. The Bertz CT molecular complexity index is 299. The predicted molar refractivity (Wildman–Crippen MR) is 60.5 cm³/mol. The van der Waals surface area contributed by atoms with Gasteiger partial charge in [-0.25, -0.2) is 0 Å². The summed E-state index contributed by atoms with van der Waals surface area (Å²) < 4.78 is 10.5. The Balaban J connectivity index is 2.41. The van der Waals surface area contributed by atoms with Crippen molar-refractivity contribution in [1.82, 2.24) is 0 Å². The molecule has 1 atom stereocenters. The van der Waals surface area contributed by atoms with Crippen molar-refractivity contribution in [2.45, 2.75) is 13.0 Å². The number of ether oxygens (including phenoxy) is 2. The number of benzene rings is 1. The normalized spacial score (nSPS) is 12.4. The molecule has 2 N–H and O–H groups in total. The van der Waals surface area contributed by atoms with Crippen LogP contribution in [0, 0.1) is 0 Å². The zero-order chi connectivity index (χ0) is 11.8. The lowest BCUT2D eigenvalue weighted by atomic mass is 10.1. The summed E-state index contributed by atoms with van der Waals surface area (Å²) >= 11 is 0. The molecule has 0 aliphatic carbocycles. The van der Waals surface area contributed by atoms with Crippen LogP contribution in [0.5, 0.6) is 5.75 Å². The van der Waals surface area contributed by atoms with Gasteiger partial charge < -0.3 is 19.7 Å². The van der Waals surface area contributed by atoms with Gasteiger partial charge in [-0.1, -0.05) is 18.2 Å². The van der Waals surface area contributed by atoms with E-state index in [1.807, 2.05) is 24.3 Å². The molecule has 90 valence electrons. The van der Waals surface area contributed by atoms with E-state index in [4.69, 9.17) is 14.6 Å². The molecule has 0 saturated heterocycles. The third-order valence-electron chi connectivity index (χ3n) is 2.09. The average molecular weight is 226 g/mol. The third-order valence-corrected chi connectivity index (χ3v) is 2.09. The van der Waals surface area contributed by atoms with Gasteiger partial charge in [0.25, 0.3) is 0 Å². The highest BCUT2D eigenvalue weighted by Crippen LogP contribution is 2.24. The van der Waals surface area contributed by atoms with Crippen LogP contribution >= 0.6 is 0 Å². The largest absolute Gasteiger partial charge is 0.491 e. The molecule has 16 heavy (non-hydrogen) atoms. The number of hydrogen-bond donors (Lipinski definition) is 2. The van der Waals surface area contributed by atoms with Gasteiger partial charge in [0, 0.05) is 5.56 Å². The first-order valence-electron chi connectivity index (χ1n) is 5.34. The fourth-order valence-electron chi connectivity index (χ4n) is 1.33. The minimum Gasteiger partial charge on any atom is -0.491 e. The van der Waals surface area contributed by atoms with Gasteiger partial charge in [-0.3, -0.25) is 0 Å². The van der Waals surface area contributed by atoms with Gasteiger partial charge >= 0.3 is 0 Å². The molecule has 0 aromatic heterocycles. The summed E-state index contributed by atoms with van der Waals surface area (Å²) in [7, 11) is 0. The molecular weight excluding hydrogens is 208 g/mol. The van der Waals surface area contributed by atoms with E-state index in [1.54, 1.807) is 6.92 Å². The quantitative estimate of drug-likeness (QED) is 0.684. The van der Waals surface area contributed by atoms with Crippen LogP contribution < -0.4 is 4.74 Å². The van der Waals surface area contributed by atoms with E-state index >= 15 is 0 Å². The number of aliphatic hydroxyl groups excluding tert-OH is 2. The SMILES string of the molecule is C[C@H](O)c1ccccc1OCCOCCO. The van der Waals surface area contributed by atoms with Crippen LogP contribution in [-0.4, -0.2) is 36.6 Å². The molecule has 0 fully saturated rings. The molecule has 0 radical (unpaired) electrons. The first-order valence-corrected chi connectivity index (χ1v) is 5.34. The van der Waals surface area contributed by atoms with Crippen molar-refractivity contribution in [1.29, 1.82) is 0 Å². The Hall–Kier alpha value is -1.10. The number of aliphatic hydroxyl groups is 2. The van der Waals surface area contributed by atoms with Gasteiger partial charge in [0.2, 0.25) is 0 Å². The van der Waals surface area contributed by atoms with E-state index in [0.717, 1.165) is 5.56 Å². The van der Waals surface area contributed by atoms with Crippen LogP contribution in [0.2, 0.25) is 0 Å². The Morgan fingerprint density at radius 3 is 2.62 bits per heavy atom. The van der Waals surface area contributed by atoms with Crippen molar-refractivity contribution in [2.75, 3.05) is 26.4 Å². The molecule has 1 aromatic rings. The van der Waals surface area contributed by atoms with Gasteiger partial charge in [-0.15, -0.1) is 0 Å². The first kappa shape index (κ1) is 13.0. The smallest absolute Gasteiger partial charge is 0.125 e. The van der Waals surface area contributed by atoms with Crippen LogP contribution in [0.3, 0.4) is 0 Å². The van der Waals surface area contributed by atoms with Crippen LogP contribution in [0.4, 0.5) is 0 Å². The molecule has 0 heterocycles. The molecule has 0 bridgehead atoms. The zero-order valence-electron chi connectivity index (χ0n) is 9.43. The first-order chi connectivity index (χ1) is 7.75. The Morgan fingerprint density at radius 1 is 1.19 bits per heavy atom. The topological polar surface area (TPSA) is 58.9 Å². The van der Waals surface area contributed by atoms with E-state index in [9.17, 15) is 5.11 Å². The molecule has 0 saturated carbocycles. The van der Waals surface area contributed by atoms with E-state index < -0.39 is 6.10 Å². The van der Waals surface area contributed by atoms with Crippen LogP contribution in [-0.2, 0) is 4.74 Å². The summed E-state index contributed by atoms with van der Waals surface area (Å²) in [5.74, 6) is 0.671. The number of para-hydroxylation sites is 1. The maximum Gasteiger partial charge on any atom is 0.125 e. The molecule has 4 nitrogen and oxygen atoms in total. The summed E-state index contributed by atoms with van der Waals surface area (Å²) in [5.41, 5.74) is 0.768.